The van der Waals surface area contributed by atoms with Crippen LogP contribution in [-0.4, -0.2) is 12.6 Å². The van der Waals surface area contributed by atoms with E-state index in [1.54, 1.807) is 0 Å². The largest absolute Gasteiger partial charge is 0.372 e. The second-order valence-electron chi connectivity index (χ2n) is 4.52. The Bertz CT molecular complexity index is 328. The molecule has 0 bridgehead atoms. The van der Waals surface area contributed by atoms with Crippen molar-refractivity contribution in [1.29, 1.82) is 0 Å². The van der Waals surface area contributed by atoms with Crippen molar-refractivity contribution in [2.45, 2.75) is 38.8 Å². The van der Waals surface area contributed by atoms with Crippen LogP contribution in [0, 0.1) is 13.8 Å². The molecule has 1 aliphatic rings. The SMILES string of the molecule is Cc1cc(C)cc(C2OCCCC2N)c1. The molecule has 0 amide bonds. The third-order valence-electron chi connectivity index (χ3n) is 2.94. The molecule has 82 valence electrons. The van der Waals surface area contributed by atoms with Gasteiger partial charge in [0.05, 0.1) is 6.10 Å². The van der Waals surface area contributed by atoms with Crippen molar-refractivity contribution in [3.05, 3.63) is 34.9 Å². The summed E-state index contributed by atoms with van der Waals surface area (Å²) < 4.78 is 5.76. The van der Waals surface area contributed by atoms with Gasteiger partial charge >= 0.3 is 0 Å². The highest BCUT2D eigenvalue weighted by atomic mass is 16.5. The predicted octanol–water partition coefficient (Wildman–Crippen LogP) is 2.48. The average molecular weight is 205 g/mol. The van der Waals surface area contributed by atoms with Crippen molar-refractivity contribution in [1.82, 2.24) is 0 Å². The highest BCUT2D eigenvalue weighted by molar-refractivity contribution is 5.30. The van der Waals surface area contributed by atoms with Gasteiger partial charge in [-0.1, -0.05) is 29.3 Å². The number of hydrogen-bond acceptors (Lipinski definition) is 2. The molecule has 0 aromatic heterocycles. The quantitative estimate of drug-likeness (QED) is 0.764. The van der Waals surface area contributed by atoms with Crippen LogP contribution in [0.25, 0.3) is 0 Å². The summed E-state index contributed by atoms with van der Waals surface area (Å²) in [6, 6.07) is 6.70. The third-order valence-corrected chi connectivity index (χ3v) is 2.94. The Kier molecular flexibility index (Phi) is 3.08. The topological polar surface area (TPSA) is 35.2 Å². The van der Waals surface area contributed by atoms with Gasteiger partial charge in [0.15, 0.2) is 0 Å². The minimum Gasteiger partial charge on any atom is -0.372 e. The minimum absolute atomic E-state index is 0.0948. The van der Waals surface area contributed by atoms with E-state index < -0.39 is 0 Å². The van der Waals surface area contributed by atoms with Crippen LogP contribution in [0.2, 0.25) is 0 Å². The molecule has 0 aliphatic carbocycles. The maximum Gasteiger partial charge on any atom is 0.0975 e. The summed E-state index contributed by atoms with van der Waals surface area (Å²) in [7, 11) is 0. The van der Waals surface area contributed by atoms with Crippen LogP contribution >= 0.6 is 0 Å². The molecule has 0 radical (unpaired) electrons. The molecule has 1 heterocycles. The lowest BCUT2D eigenvalue weighted by molar-refractivity contribution is 0.0000887. The molecule has 0 spiro atoms. The van der Waals surface area contributed by atoms with Crippen molar-refractivity contribution in [3.8, 4) is 0 Å². The Morgan fingerprint density at radius 2 is 1.87 bits per heavy atom. The molecular formula is C13H19NO. The van der Waals surface area contributed by atoms with Gasteiger partial charge in [-0.3, -0.25) is 0 Å². The maximum atomic E-state index is 6.09. The van der Waals surface area contributed by atoms with E-state index in [9.17, 15) is 0 Å². The first kappa shape index (κ1) is 10.7. The second kappa shape index (κ2) is 4.33. The van der Waals surface area contributed by atoms with Crippen LogP contribution in [0.5, 0.6) is 0 Å². The van der Waals surface area contributed by atoms with E-state index in [0.717, 1.165) is 19.4 Å². The number of hydrogen-bond donors (Lipinski definition) is 1. The van der Waals surface area contributed by atoms with E-state index in [-0.39, 0.29) is 12.1 Å². The fraction of sp³-hybridized carbons (Fsp3) is 0.538. The summed E-state index contributed by atoms with van der Waals surface area (Å²) in [6.45, 7) is 5.07. The smallest absolute Gasteiger partial charge is 0.0975 e. The summed E-state index contributed by atoms with van der Waals surface area (Å²) in [5, 5.41) is 0. The van der Waals surface area contributed by atoms with E-state index in [1.165, 1.54) is 16.7 Å². The van der Waals surface area contributed by atoms with E-state index >= 15 is 0 Å². The van der Waals surface area contributed by atoms with Crippen molar-refractivity contribution < 1.29 is 4.74 Å². The average Bonchev–Trinajstić information content (AvgIpc) is 2.16. The fourth-order valence-electron chi connectivity index (χ4n) is 2.32. The molecule has 1 saturated heterocycles. The van der Waals surface area contributed by atoms with Crippen LogP contribution in [0.3, 0.4) is 0 Å². The molecule has 2 unspecified atom stereocenters. The minimum atomic E-state index is 0.0948. The molecule has 0 saturated carbocycles. The molecule has 2 atom stereocenters. The lowest BCUT2D eigenvalue weighted by Gasteiger charge is -2.29. The summed E-state index contributed by atoms with van der Waals surface area (Å²) in [4.78, 5) is 0. The van der Waals surface area contributed by atoms with Gasteiger partial charge in [0.2, 0.25) is 0 Å². The second-order valence-corrected chi connectivity index (χ2v) is 4.52. The van der Waals surface area contributed by atoms with Gasteiger partial charge in [-0.2, -0.15) is 0 Å². The number of rotatable bonds is 1. The Hall–Kier alpha value is -0.860. The van der Waals surface area contributed by atoms with Gasteiger partial charge in [-0.05, 0) is 32.3 Å². The van der Waals surface area contributed by atoms with Gasteiger partial charge in [-0.25, -0.2) is 0 Å². The third kappa shape index (κ3) is 2.39. The molecular weight excluding hydrogens is 186 g/mol. The molecule has 15 heavy (non-hydrogen) atoms. The first-order valence-corrected chi connectivity index (χ1v) is 5.62. The van der Waals surface area contributed by atoms with Crippen LogP contribution in [0.1, 0.15) is 35.6 Å². The number of aryl methyl sites for hydroxylation is 2. The first-order chi connectivity index (χ1) is 7.16. The summed E-state index contributed by atoms with van der Waals surface area (Å²) in [6.07, 6.45) is 2.25. The lowest BCUT2D eigenvalue weighted by Crippen LogP contribution is -2.34. The lowest BCUT2D eigenvalue weighted by atomic mass is 9.94. The Morgan fingerprint density at radius 3 is 2.47 bits per heavy atom. The van der Waals surface area contributed by atoms with E-state index in [1.807, 2.05) is 0 Å². The van der Waals surface area contributed by atoms with Gasteiger partial charge in [-0.15, -0.1) is 0 Å². The van der Waals surface area contributed by atoms with Crippen LogP contribution < -0.4 is 5.73 Å². The standard InChI is InChI=1S/C13H19NO/c1-9-6-10(2)8-11(7-9)13-12(14)4-3-5-15-13/h6-8,12-13H,3-5,14H2,1-2H3. The molecule has 1 aromatic rings. The van der Waals surface area contributed by atoms with Crippen molar-refractivity contribution >= 4 is 0 Å². The highest BCUT2D eigenvalue weighted by Crippen LogP contribution is 2.28. The normalized spacial score (nSPS) is 26.6. The maximum absolute atomic E-state index is 6.09. The fourth-order valence-corrected chi connectivity index (χ4v) is 2.32. The van der Waals surface area contributed by atoms with Crippen molar-refractivity contribution in [2.75, 3.05) is 6.61 Å². The van der Waals surface area contributed by atoms with E-state index in [4.69, 9.17) is 10.5 Å². The van der Waals surface area contributed by atoms with E-state index in [0.29, 0.717) is 0 Å². The van der Waals surface area contributed by atoms with Gasteiger partial charge in [0.1, 0.15) is 0 Å². The van der Waals surface area contributed by atoms with Gasteiger partial charge in [0, 0.05) is 12.6 Å². The predicted molar refractivity (Wildman–Crippen MR) is 61.8 cm³/mol. The molecule has 2 nitrogen and oxygen atoms in total. The molecule has 2 heteroatoms. The first-order valence-electron chi connectivity index (χ1n) is 5.62. The van der Waals surface area contributed by atoms with Crippen LogP contribution in [0.15, 0.2) is 18.2 Å². The summed E-state index contributed by atoms with van der Waals surface area (Å²) >= 11 is 0. The van der Waals surface area contributed by atoms with Crippen molar-refractivity contribution in [3.63, 3.8) is 0 Å². The number of ether oxygens (including phenoxy) is 1. The Morgan fingerprint density at radius 1 is 1.20 bits per heavy atom. The van der Waals surface area contributed by atoms with E-state index in [2.05, 4.69) is 32.0 Å². The highest BCUT2D eigenvalue weighted by Gasteiger charge is 2.24. The monoisotopic (exact) mass is 205 g/mol. The van der Waals surface area contributed by atoms with Crippen LogP contribution in [0.4, 0.5) is 0 Å². The Labute approximate surface area is 91.4 Å². The van der Waals surface area contributed by atoms with Gasteiger partial charge in [0.25, 0.3) is 0 Å². The Balaban J connectivity index is 2.27. The summed E-state index contributed by atoms with van der Waals surface area (Å²) in [5.41, 5.74) is 9.89. The number of nitrogens with two attached hydrogens (primary N) is 1. The molecule has 1 fully saturated rings. The van der Waals surface area contributed by atoms with Crippen LogP contribution in [-0.2, 0) is 4.74 Å². The molecule has 2 N–H and O–H groups in total. The molecule has 2 rings (SSSR count). The zero-order valence-corrected chi connectivity index (χ0v) is 9.49. The molecule has 1 aromatic carbocycles. The van der Waals surface area contributed by atoms with Crippen molar-refractivity contribution in [2.24, 2.45) is 5.73 Å². The zero-order valence-electron chi connectivity index (χ0n) is 9.49. The zero-order chi connectivity index (χ0) is 10.8. The van der Waals surface area contributed by atoms with Gasteiger partial charge < -0.3 is 10.5 Å². The molecule has 1 aliphatic heterocycles. The summed E-state index contributed by atoms with van der Waals surface area (Å²) in [5.74, 6) is 0. The number of benzene rings is 1.